The number of aliphatic hydroxyl groups is 1. The lowest BCUT2D eigenvalue weighted by atomic mass is 10.1. The van der Waals surface area contributed by atoms with E-state index in [0.717, 1.165) is 5.56 Å². The van der Waals surface area contributed by atoms with E-state index >= 15 is 0 Å². The van der Waals surface area contributed by atoms with E-state index in [4.69, 9.17) is 5.73 Å². The number of nitrogens with zero attached hydrogens (tertiary/aromatic N) is 4. The number of H-pyrrole nitrogens is 2. The zero-order valence-electron chi connectivity index (χ0n) is 13.9. The first-order chi connectivity index (χ1) is 11.9. The van der Waals surface area contributed by atoms with Crippen LogP contribution in [0.5, 0.6) is 0 Å². The number of hydrogen-bond donors (Lipinski definition) is 4. The Balaban J connectivity index is 2.12. The van der Waals surface area contributed by atoms with Crippen LogP contribution in [0, 0.1) is 6.92 Å². The highest BCUT2D eigenvalue weighted by atomic mass is 16.3. The molecule has 3 heterocycles. The van der Waals surface area contributed by atoms with Crippen LogP contribution >= 0.6 is 0 Å². The Labute approximate surface area is 142 Å². The van der Waals surface area contributed by atoms with Crippen LogP contribution in [-0.4, -0.2) is 47.1 Å². The lowest BCUT2D eigenvalue weighted by Gasteiger charge is -2.10. The van der Waals surface area contributed by atoms with Crippen molar-refractivity contribution >= 4 is 16.9 Å². The first kappa shape index (κ1) is 16.8. The average molecular weight is 345 g/mol. The van der Waals surface area contributed by atoms with Gasteiger partial charge < -0.3 is 10.8 Å². The summed E-state index contributed by atoms with van der Waals surface area (Å²) in [6, 6.07) is 1.72. The summed E-state index contributed by atoms with van der Waals surface area (Å²) in [5.41, 5.74) is 6.58. The number of amides is 1. The lowest BCUT2D eigenvalue weighted by Crippen LogP contribution is -2.18. The normalized spacial score (nSPS) is 12.6. The minimum Gasteiger partial charge on any atom is -0.391 e. The minimum absolute atomic E-state index is 0.107. The van der Waals surface area contributed by atoms with E-state index in [-0.39, 0.29) is 24.3 Å². The van der Waals surface area contributed by atoms with Crippen molar-refractivity contribution in [3.8, 4) is 11.5 Å². The second kappa shape index (κ2) is 6.48. The number of aliphatic hydroxyl groups excluding tert-OH is 1. The van der Waals surface area contributed by atoms with Gasteiger partial charge in [-0.3, -0.25) is 19.8 Å². The predicted octanol–water partition coefficient (Wildman–Crippen LogP) is -0.383. The highest BCUT2D eigenvalue weighted by Crippen LogP contribution is 2.21. The van der Waals surface area contributed by atoms with E-state index in [1.165, 1.54) is 4.68 Å². The van der Waals surface area contributed by atoms with Crippen LogP contribution in [0.25, 0.3) is 22.6 Å². The van der Waals surface area contributed by atoms with Crippen LogP contribution in [0.1, 0.15) is 24.7 Å². The SMILES string of the molecule is CC[C@@H](O)Cn1nc(CC(N)=O)nc1-c1cc(C)c2c(=O)[nH][nH]c2n1. The summed E-state index contributed by atoms with van der Waals surface area (Å²) in [5.74, 6) is 0.109. The average Bonchev–Trinajstić information content (AvgIpc) is 3.10. The van der Waals surface area contributed by atoms with Crippen LogP contribution in [0.4, 0.5) is 0 Å². The quantitative estimate of drug-likeness (QED) is 0.477. The number of aryl methyl sites for hydroxylation is 1. The van der Waals surface area contributed by atoms with Crippen molar-refractivity contribution in [3.63, 3.8) is 0 Å². The van der Waals surface area contributed by atoms with E-state index in [1.54, 1.807) is 13.0 Å². The molecule has 0 bridgehead atoms. The Morgan fingerprint density at radius 3 is 2.84 bits per heavy atom. The molecule has 132 valence electrons. The number of aromatic nitrogens is 6. The fourth-order valence-corrected chi connectivity index (χ4v) is 2.61. The summed E-state index contributed by atoms with van der Waals surface area (Å²) in [5, 5.41) is 19.9. The zero-order valence-corrected chi connectivity index (χ0v) is 13.9. The van der Waals surface area contributed by atoms with E-state index in [0.29, 0.717) is 29.0 Å². The van der Waals surface area contributed by atoms with Crippen LogP contribution < -0.4 is 11.3 Å². The number of fused-ring (bicyclic) bond motifs is 1. The molecule has 0 aliphatic rings. The Hall–Kier alpha value is -3.01. The van der Waals surface area contributed by atoms with E-state index in [1.807, 2.05) is 6.92 Å². The Bertz CT molecular complexity index is 985. The largest absolute Gasteiger partial charge is 0.391 e. The number of carbonyl (C=O) groups is 1. The highest BCUT2D eigenvalue weighted by Gasteiger charge is 2.18. The van der Waals surface area contributed by atoms with Gasteiger partial charge in [-0.05, 0) is 25.0 Å². The van der Waals surface area contributed by atoms with Gasteiger partial charge >= 0.3 is 0 Å². The number of hydrogen-bond acceptors (Lipinski definition) is 6. The minimum atomic E-state index is -0.612. The molecule has 0 unspecified atom stereocenters. The summed E-state index contributed by atoms with van der Waals surface area (Å²) in [6.45, 7) is 3.85. The molecule has 0 saturated carbocycles. The lowest BCUT2D eigenvalue weighted by molar-refractivity contribution is -0.117. The number of aromatic amines is 2. The van der Waals surface area contributed by atoms with Gasteiger partial charge in [0.05, 0.1) is 24.5 Å². The first-order valence-electron chi connectivity index (χ1n) is 7.87. The molecular formula is C15H19N7O3. The number of pyridine rings is 1. The summed E-state index contributed by atoms with van der Waals surface area (Å²) >= 11 is 0. The fourth-order valence-electron chi connectivity index (χ4n) is 2.61. The molecule has 0 fully saturated rings. The Morgan fingerprint density at radius 1 is 1.40 bits per heavy atom. The Morgan fingerprint density at radius 2 is 2.16 bits per heavy atom. The molecular weight excluding hydrogens is 326 g/mol. The van der Waals surface area contributed by atoms with Crippen molar-refractivity contribution in [2.75, 3.05) is 0 Å². The van der Waals surface area contributed by atoms with Gasteiger partial charge in [-0.2, -0.15) is 5.10 Å². The molecule has 0 aliphatic heterocycles. The van der Waals surface area contributed by atoms with Gasteiger partial charge in [0.1, 0.15) is 5.69 Å². The third-order valence-corrected chi connectivity index (χ3v) is 3.87. The predicted molar refractivity (Wildman–Crippen MR) is 89.7 cm³/mol. The molecule has 0 spiro atoms. The molecule has 1 atom stereocenters. The molecule has 3 rings (SSSR count). The first-order valence-corrected chi connectivity index (χ1v) is 7.87. The smallest absolute Gasteiger partial charge is 0.273 e. The van der Waals surface area contributed by atoms with Crippen molar-refractivity contribution < 1.29 is 9.90 Å². The molecule has 0 aliphatic carbocycles. The van der Waals surface area contributed by atoms with Crippen molar-refractivity contribution in [2.24, 2.45) is 5.73 Å². The molecule has 25 heavy (non-hydrogen) atoms. The van der Waals surface area contributed by atoms with Gasteiger partial charge in [-0.1, -0.05) is 6.92 Å². The van der Waals surface area contributed by atoms with Gasteiger partial charge in [-0.15, -0.1) is 0 Å². The number of nitrogens with two attached hydrogens (primary N) is 1. The number of rotatable bonds is 6. The molecule has 3 aromatic rings. The van der Waals surface area contributed by atoms with Crippen molar-refractivity contribution in [2.45, 2.75) is 39.3 Å². The third-order valence-electron chi connectivity index (χ3n) is 3.87. The molecule has 1 amide bonds. The van der Waals surface area contributed by atoms with Crippen LogP contribution in [-0.2, 0) is 17.8 Å². The van der Waals surface area contributed by atoms with Crippen LogP contribution in [0.3, 0.4) is 0 Å². The molecule has 10 nitrogen and oxygen atoms in total. The van der Waals surface area contributed by atoms with Crippen molar-refractivity contribution in [1.82, 2.24) is 29.9 Å². The maximum absolute atomic E-state index is 11.8. The molecule has 10 heteroatoms. The fraction of sp³-hybridized carbons (Fsp3) is 0.400. The number of primary amides is 1. The molecule has 3 aromatic heterocycles. The summed E-state index contributed by atoms with van der Waals surface area (Å²) in [7, 11) is 0. The van der Waals surface area contributed by atoms with Crippen LogP contribution in [0.2, 0.25) is 0 Å². The topological polar surface area (TPSA) is 156 Å². The maximum Gasteiger partial charge on any atom is 0.273 e. The second-order valence-corrected chi connectivity index (χ2v) is 5.87. The molecule has 0 aromatic carbocycles. The maximum atomic E-state index is 11.8. The van der Waals surface area contributed by atoms with Gasteiger partial charge in [0.2, 0.25) is 5.91 Å². The third kappa shape index (κ3) is 3.29. The summed E-state index contributed by atoms with van der Waals surface area (Å²) < 4.78 is 1.50. The molecule has 0 radical (unpaired) electrons. The highest BCUT2D eigenvalue weighted by molar-refractivity contribution is 5.80. The van der Waals surface area contributed by atoms with Crippen LogP contribution in [0.15, 0.2) is 10.9 Å². The standard InChI is InChI=1S/C15H19N7O3/c1-3-8(23)6-22-14(18-11(21-22)5-10(16)24)9-4-7(2)12-13(17-9)19-20-15(12)25/h4,8,23H,3,5-6H2,1-2H3,(H2,16,24)(H2,17,19,20,25)/t8-/m1/s1. The van der Waals surface area contributed by atoms with Crippen molar-refractivity contribution in [1.29, 1.82) is 0 Å². The van der Waals surface area contributed by atoms with Gasteiger partial charge in [0, 0.05) is 0 Å². The van der Waals surface area contributed by atoms with Gasteiger partial charge in [0.15, 0.2) is 17.3 Å². The zero-order chi connectivity index (χ0) is 18.1. The number of carbonyl (C=O) groups excluding carboxylic acids is 1. The molecule has 0 saturated heterocycles. The van der Waals surface area contributed by atoms with E-state index in [9.17, 15) is 14.7 Å². The van der Waals surface area contributed by atoms with Gasteiger partial charge in [-0.25, -0.2) is 14.6 Å². The van der Waals surface area contributed by atoms with Gasteiger partial charge in [0.25, 0.3) is 5.56 Å². The molecule has 5 N–H and O–H groups in total. The Kier molecular flexibility index (Phi) is 4.36. The summed E-state index contributed by atoms with van der Waals surface area (Å²) in [6.07, 6.45) is -0.176. The monoisotopic (exact) mass is 345 g/mol. The van der Waals surface area contributed by atoms with Crippen molar-refractivity contribution in [3.05, 3.63) is 27.8 Å². The summed E-state index contributed by atoms with van der Waals surface area (Å²) in [4.78, 5) is 31.7. The number of nitrogens with one attached hydrogen (secondary N) is 2. The van der Waals surface area contributed by atoms with E-state index in [2.05, 4.69) is 25.3 Å². The van der Waals surface area contributed by atoms with E-state index < -0.39 is 12.0 Å². The second-order valence-electron chi connectivity index (χ2n) is 5.87.